The highest BCUT2D eigenvalue weighted by molar-refractivity contribution is 5.77. The summed E-state index contributed by atoms with van der Waals surface area (Å²) in [5.41, 5.74) is -3.38. The molecular weight excluding hydrogens is 249 g/mol. The van der Waals surface area contributed by atoms with Crippen LogP contribution in [0.5, 0.6) is 5.75 Å². The normalized spacial score (nSPS) is 11.7. The van der Waals surface area contributed by atoms with Gasteiger partial charge in [0.25, 0.3) is 6.43 Å². The molecule has 0 saturated carbocycles. The Morgan fingerprint density at radius 1 is 1.41 bits per heavy atom. The van der Waals surface area contributed by atoms with Gasteiger partial charge in [-0.1, -0.05) is 0 Å². The van der Waals surface area contributed by atoms with Crippen molar-refractivity contribution in [2.45, 2.75) is 12.6 Å². The lowest BCUT2D eigenvalue weighted by molar-refractivity contribution is -0.141. The van der Waals surface area contributed by atoms with Crippen molar-refractivity contribution in [3.05, 3.63) is 23.0 Å². The summed E-state index contributed by atoms with van der Waals surface area (Å²) in [7, 11) is 0.961. The molecule has 0 aliphatic heterocycles. The number of aromatic nitrogens is 1. The fourth-order valence-electron chi connectivity index (χ4n) is 1.18. The number of methoxy groups -OCH3 is 1. The minimum absolute atomic E-state index is 0.0695. The summed E-state index contributed by atoms with van der Waals surface area (Å²) in [5.74, 6) is -0.650. The fraction of sp³-hybridized carbons (Fsp3) is 0.333. The lowest BCUT2D eigenvalue weighted by Gasteiger charge is -2.13. The summed E-state index contributed by atoms with van der Waals surface area (Å²) < 4.78 is 66.4. The maximum atomic E-state index is 12.5. The van der Waals surface area contributed by atoms with E-state index in [9.17, 15) is 26.7 Å². The second kappa shape index (κ2) is 4.64. The van der Waals surface area contributed by atoms with E-state index < -0.39 is 35.3 Å². The number of carbonyl (C=O) groups is 1. The van der Waals surface area contributed by atoms with Crippen molar-refractivity contribution in [3.63, 3.8) is 0 Å². The third-order valence-corrected chi connectivity index (χ3v) is 1.87. The van der Waals surface area contributed by atoms with E-state index >= 15 is 0 Å². The molecule has 0 unspecified atom stereocenters. The number of hydrogen-bond acceptors (Lipinski definition) is 3. The number of pyridine rings is 1. The Balaban J connectivity index is 3.51. The Morgan fingerprint density at radius 3 is 2.35 bits per heavy atom. The predicted octanol–water partition coefficient (Wildman–Crippen LogP) is 2.86. The summed E-state index contributed by atoms with van der Waals surface area (Å²) in [5, 5.41) is 0. The standard InChI is InChI=1S/C9H6F5NO2/c1-17-7-4(8(10)11)2-6(9(12,13)14)15-5(7)3-16/h2-3,8H,1H3. The molecule has 0 bridgehead atoms. The van der Waals surface area contributed by atoms with Crippen LogP contribution in [-0.2, 0) is 6.18 Å². The van der Waals surface area contributed by atoms with E-state index in [-0.39, 0.29) is 12.4 Å². The number of nitrogens with zero attached hydrogens (tertiary/aromatic N) is 1. The third kappa shape index (κ3) is 2.69. The van der Waals surface area contributed by atoms with E-state index in [2.05, 4.69) is 9.72 Å². The number of carbonyl (C=O) groups excluding carboxylic acids is 1. The minimum Gasteiger partial charge on any atom is -0.494 e. The molecule has 0 fully saturated rings. The van der Waals surface area contributed by atoms with Gasteiger partial charge >= 0.3 is 6.18 Å². The van der Waals surface area contributed by atoms with Crippen molar-refractivity contribution in [2.24, 2.45) is 0 Å². The molecular formula is C9H6F5NO2. The third-order valence-electron chi connectivity index (χ3n) is 1.87. The lowest BCUT2D eigenvalue weighted by atomic mass is 10.1. The molecule has 8 heteroatoms. The van der Waals surface area contributed by atoms with Gasteiger partial charge in [-0.25, -0.2) is 13.8 Å². The van der Waals surface area contributed by atoms with Crippen molar-refractivity contribution < 1.29 is 31.5 Å². The van der Waals surface area contributed by atoms with Crippen molar-refractivity contribution >= 4 is 6.29 Å². The zero-order valence-electron chi connectivity index (χ0n) is 8.39. The molecule has 0 radical (unpaired) electrons. The van der Waals surface area contributed by atoms with Crippen LogP contribution < -0.4 is 4.74 Å². The Hall–Kier alpha value is -1.73. The van der Waals surface area contributed by atoms with E-state index in [1.807, 2.05) is 0 Å². The SMILES string of the molecule is COc1c(C(F)F)cc(C(F)(F)F)nc1C=O. The zero-order valence-corrected chi connectivity index (χ0v) is 8.39. The number of hydrogen-bond donors (Lipinski definition) is 0. The van der Waals surface area contributed by atoms with E-state index in [0.717, 1.165) is 7.11 Å². The summed E-state index contributed by atoms with van der Waals surface area (Å²) in [6.45, 7) is 0. The first-order chi connectivity index (χ1) is 7.81. The molecule has 0 aromatic carbocycles. The smallest absolute Gasteiger partial charge is 0.433 e. The molecule has 1 rings (SSSR count). The molecule has 94 valence electrons. The van der Waals surface area contributed by atoms with Gasteiger partial charge in [0.2, 0.25) is 0 Å². The van der Waals surface area contributed by atoms with Crippen LogP contribution in [0, 0.1) is 0 Å². The van der Waals surface area contributed by atoms with Crippen LogP contribution in [0.25, 0.3) is 0 Å². The molecule has 0 spiro atoms. The zero-order chi connectivity index (χ0) is 13.2. The Kier molecular flexibility index (Phi) is 3.64. The largest absolute Gasteiger partial charge is 0.494 e. The van der Waals surface area contributed by atoms with Crippen molar-refractivity contribution in [1.29, 1.82) is 0 Å². The topological polar surface area (TPSA) is 39.2 Å². The first-order valence-electron chi connectivity index (χ1n) is 4.20. The number of alkyl halides is 5. The number of halogens is 5. The molecule has 0 N–H and O–H groups in total. The van der Waals surface area contributed by atoms with Gasteiger partial charge in [0.05, 0.1) is 12.7 Å². The van der Waals surface area contributed by atoms with Crippen LogP contribution in [0.15, 0.2) is 6.07 Å². The maximum absolute atomic E-state index is 12.5. The predicted molar refractivity (Wildman–Crippen MR) is 46.1 cm³/mol. The Labute approximate surface area is 92.2 Å². The number of ether oxygens (including phenoxy) is 1. The second-order valence-corrected chi connectivity index (χ2v) is 2.93. The maximum Gasteiger partial charge on any atom is 0.433 e. The van der Waals surface area contributed by atoms with Crippen molar-refractivity contribution in [2.75, 3.05) is 7.11 Å². The van der Waals surface area contributed by atoms with E-state index in [1.54, 1.807) is 0 Å². The molecule has 0 amide bonds. The van der Waals surface area contributed by atoms with Crippen LogP contribution in [-0.4, -0.2) is 18.4 Å². The molecule has 0 aliphatic carbocycles. The highest BCUT2D eigenvalue weighted by Gasteiger charge is 2.35. The molecule has 1 aromatic heterocycles. The Bertz CT molecular complexity index is 430. The first-order valence-corrected chi connectivity index (χ1v) is 4.20. The quantitative estimate of drug-likeness (QED) is 0.615. The lowest BCUT2D eigenvalue weighted by Crippen LogP contribution is -2.12. The Morgan fingerprint density at radius 2 is 2.00 bits per heavy atom. The van der Waals surface area contributed by atoms with Crippen LogP contribution in [0.1, 0.15) is 28.2 Å². The molecule has 0 atom stereocenters. The summed E-state index contributed by atoms with van der Waals surface area (Å²) >= 11 is 0. The van der Waals surface area contributed by atoms with Crippen LogP contribution in [0.3, 0.4) is 0 Å². The van der Waals surface area contributed by atoms with Gasteiger partial charge in [0.1, 0.15) is 11.4 Å². The summed E-state index contributed by atoms with van der Waals surface area (Å²) in [6.07, 6.45) is -8.18. The van der Waals surface area contributed by atoms with Crippen LogP contribution >= 0.6 is 0 Å². The van der Waals surface area contributed by atoms with Crippen LogP contribution in [0.4, 0.5) is 22.0 Å². The molecule has 0 aliphatic rings. The average Bonchev–Trinajstić information content (AvgIpc) is 2.25. The molecule has 3 nitrogen and oxygen atoms in total. The number of rotatable bonds is 3. The van der Waals surface area contributed by atoms with Crippen molar-refractivity contribution in [1.82, 2.24) is 4.98 Å². The van der Waals surface area contributed by atoms with Gasteiger partial charge in [-0.05, 0) is 6.07 Å². The highest BCUT2D eigenvalue weighted by atomic mass is 19.4. The molecule has 1 heterocycles. The fourth-order valence-corrected chi connectivity index (χ4v) is 1.18. The summed E-state index contributed by atoms with van der Waals surface area (Å²) in [4.78, 5) is 13.4. The summed E-state index contributed by atoms with van der Waals surface area (Å²) in [6, 6.07) is 0.163. The number of aldehydes is 1. The van der Waals surface area contributed by atoms with E-state index in [1.165, 1.54) is 0 Å². The first kappa shape index (κ1) is 13.3. The average molecular weight is 255 g/mol. The van der Waals surface area contributed by atoms with Gasteiger partial charge in [0, 0.05) is 0 Å². The van der Waals surface area contributed by atoms with Gasteiger partial charge in [-0.2, -0.15) is 13.2 Å². The molecule has 1 aromatic rings. The molecule has 17 heavy (non-hydrogen) atoms. The van der Waals surface area contributed by atoms with Gasteiger partial charge < -0.3 is 4.74 Å². The second-order valence-electron chi connectivity index (χ2n) is 2.93. The van der Waals surface area contributed by atoms with Crippen LogP contribution in [0.2, 0.25) is 0 Å². The highest BCUT2D eigenvalue weighted by Crippen LogP contribution is 2.36. The van der Waals surface area contributed by atoms with Gasteiger partial charge in [-0.3, -0.25) is 4.79 Å². The van der Waals surface area contributed by atoms with Crippen molar-refractivity contribution in [3.8, 4) is 5.75 Å². The molecule has 0 saturated heterocycles. The van der Waals surface area contributed by atoms with Gasteiger partial charge in [-0.15, -0.1) is 0 Å². The van der Waals surface area contributed by atoms with Gasteiger partial charge in [0.15, 0.2) is 12.0 Å². The minimum atomic E-state index is -4.91. The monoisotopic (exact) mass is 255 g/mol. The van der Waals surface area contributed by atoms with E-state index in [4.69, 9.17) is 0 Å². The van der Waals surface area contributed by atoms with E-state index in [0.29, 0.717) is 0 Å².